The minimum Gasteiger partial charge on any atom is -0.390 e. The van der Waals surface area contributed by atoms with Crippen molar-refractivity contribution in [1.29, 1.82) is 0 Å². The number of aryl methyl sites for hydroxylation is 2. The maximum Gasteiger partial charge on any atom is 0.251 e. The molecule has 3 N–H and O–H groups in total. The summed E-state index contributed by atoms with van der Waals surface area (Å²) in [6.45, 7) is 7.00. The lowest BCUT2D eigenvalue weighted by Gasteiger charge is -2.28. The molecule has 190 valence electrons. The number of aliphatic hydroxyl groups is 1. The molecule has 1 aromatic heterocycles. The van der Waals surface area contributed by atoms with Crippen molar-refractivity contribution < 1.29 is 9.90 Å². The van der Waals surface area contributed by atoms with Gasteiger partial charge < -0.3 is 19.3 Å². The first kappa shape index (κ1) is 26.2. The second-order valence-corrected chi connectivity index (χ2v) is 11.1. The Morgan fingerprint density at radius 2 is 2.03 bits per heavy atom. The van der Waals surface area contributed by atoms with Crippen molar-refractivity contribution in [2.45, 2.75) is 57.8 Å². The number of rotatable bonds is 9. The van der Waals surface area contributed by atoms with Crippen molar-refractivity contribution >= 4 is 34.4 Å². The van der Waals surface area contributed by atoms with Gasteiger partial charge in [-0.25, -0.2) is 0 Å². The minimum absolute atomic E-state index is 0.197. The topological polar surface area (TPSA) is 69.5 Å². The van der Waals surface area contributed by atoms with Crippen LogP contribution in [0.2, 0.25) is 0 Å². The van der Waals surface area contributed by atoms with E-state index in [4.69, 9.17) is 6.42 Å². The van der Waals surface area contributed by atoms with Gasteiger partial charge in [0, 0.05) is 43.0 Å². The normalized spacial score (nSPS) is 15.3. The molecule has 1 amide bonds. The molecule has 0 radical (unpaired) electrons. The maximum atomic E-state index is 13.6. The smallest absolute Gasteiger partial charge is 0.251 e. The van der Waals surface area contributed by atoms with Crippen LogP contribution < -0.4 is 14.9 Å². The van der Waals surface area contributed by atoms with Gasteiger partial charge >= 0.3 is 0 Å². The number of carbonyl (C=O) groups is 1. The second kappa shape index (κ2) is 11.0. The zero-order valence-electron chi connectivity index (χ0n) is 21.5. The Balaban J connectivity index is 1.64. The van der Waals surface area contributed by atoms with E-state index < -0.39 is 17.7 Å². The number of anilines is 1. The van der Waals surface area contributed by atoms with Gasteiger partial charge in [-0.3, -0.25) is 10.1 Å². The molecular weight excluding hydrogens is 468 g/mol. The highest BCUT2D eigenvalue weighted by molar-refractivity contribution is 8.00. The van der Waals surface area contributed by atoms with Crippen LogP contribution in [-0.4, -0.2) is 52.6 Å². The molecule has 0 bridgehead atoms. The molecule has 0 fully saturated rings. The number of nitrogens with zero attached hydrogens (tertiary/aromatic N) is 2. The van der Waals surface area contributed by atoms with Crippen LogP contribution in [0.5, 0.6) is 0 Å². The van der Waals surface area contributed by atoms with Gasteiger partial charge in [0.05, 0.1) is 28.9 Å². The number of β-amino-alcohol motifs (C(OH)–C–C–N with tert-alkyl or cyclic N) is 1. The summed E-state index contributed by atoms with van der Waals surface area (Å²) in [5.74, 6) is 3.50. The van der Waals surface area contributed by atoms with Crippen molar-refractivity contribution in [2.75, 3.05) is 23.7 Å². The van der Waals surface area contributed by atoms with E-state index in [1.807, 2.05) is 56.3 Å². The zero-order valence-corrected chi connectivity index (χ0v) is 22.4. The summed E-state index contributed by atoms with van der Waals surface area (Å²) in [5.41, 5.74) is 4.53. The fourth-order valence-corrected chi connectivity index (χ4v) is 5.51. The van der Waals surface area contributed by atoms with Crippen molar-refractivity contribution in [2.24, 2.45) is 0 Å². The predicted octanol–water partition coefficient (Wildman–Crippen LogP) is 4.01. The summed E-state index contributed by atoms with van der Waals surface area (Å²) in [5, 5.41) is 18.7. The third kappa shape index (κ3) is 5.73. The van der Waals surface area contributed by atoms with E-state index >= 15 is 0 Å². The highest BCUT2D eigenvalue weighted by Crippen LogP contribution is 2.38. The van der Waals surface area contributed by atoms with Crippen LogP contribution in [0.3, 0.4) is 0 Å². The monoisotopic (exact) mass is 504 g/mol. The quantitative estimate of drug-likeness (QED) is 0.304. The molecule has 2 aromatic carbocycles. The van der Waals surface area contributed by atoms with Crippen molar-refractivity contribution in [3.63, 3.8) is 0 Å². The predicted molar refractivity (Wildman–Crippen MR) is 150 cm³/mol. The number of terminal acetylenes is 1. The van der Waals surface area contributed by atoms with E-state index in [0.29, 0.717) is 12.0 Å². The Morgan fingerprint density at radius 3 is 2.72 bits per heavy atom. The molecule has 1 aliphatic rings. The number of aliphatic hydroxyl groups excluding tert-OH is 1. The third-order valence-electron chi connectivity index (χ3n) is 6.83. The number of carbonyl (C=O) groups excluding carboxylic acids is 1. The molecule has 2 heterocycles. The molecule has 1 aliphatic heterocycles. The van der Waals surface area contributed by atoms with Crippen LogP contribution in [0.1, 0.15) is 42.3 Å². The largest absolute Gasteiger partial charge is 0.390 e. The van der Waals surface area contributed by atoms with Gasteiger partial charge in [-0.1, -0.05) is 36.3 Å². The lowest BCUT2D eigenvalue weighted by Crippen LogP contribution is -2.51. The molecule has 0 aliphatic carbocycles. The zero-order chi connectivity index (χ0) is 25.9. The lowest BCUT2D eigenvalue weighted by atomic mass is 9.99. The van der Waals surface area contributed by atoms with E-state index in [9.17, 15) is 9.90 Å². The standard InChI is InChI=1S/C29H36N4O2S/c1-6-29(3,4)30-18-26(34)23(15-20-11-9-8-10-12-20)31-28(35)22-16-24-27-21(13-14-36-32(24)5)19-33(7-2)25(27)17-22/h1,8-12,16-17,19,23,26,30,34H,7,13-15,18H2,2-5H3,(H,31,35)/t23-,26+/m0/s1. The summed E-state index contributed by atoms with van der Waals surface area (Å²) in [6.07, 6.45) is 8.51. The summed E-state index contributed by atoms with van der Waals surface area (Å²) in [6, 6.07) is 13.4. The molecule has 0 saturated carbocycles. The molecule has 0 unspecified atom stereocenters. The Kier molecular flexibility index (Phi) is 7.99. The summed E-state index contributed by atoms with van der Waals surface area (Å²) >= 11 is 1.77. The van der Waals surface area contributed by atoms with Gasteiger partial charge in [0.2, 0.25) is 0 Å². The van der Waals surface area contributed by atoms with Crippen molar-refractivity contribution in [3.05, 3.63) is 65.4 Å². The van der Waals surface area contributed by atoms with Crippen LogP contribution in [0, 0.1) is 12.3 Å². The fourth-order valence-electron chi connectivity index (χ4n) is 4.64. The molecule has 0 saturated heterocycles. The Bertz CT molecular complexity index is 1260. The number of benzene rings is 2. The van der Waals surface area contributed by atoms with E-state index in [2.05, 4.69) is 45.6 Å². The van der Waals surface area contributed by atoms with Gasteiger partial charge in [-0.05, 0) is 68.8 Å². The van der Waals surface area contributed by atoms with E-state index in [1.165, 1.54) is 10.9 Å². The highest BCUT2D eigenvalue weighted by atomic mass is 32.2. The Hall–Kier alpha value is -2.92. The number of aromatic nitrogens is 1. The van der Waals surface area contributed by atoms with Crippen molar-refractivity contribution in [3.8, 4) is 12.3 Å². The van der Waals surface area contributed by atoms with E-state index in [1.54, 1.807) is 11.9 Å². The Morgan fingerprint density at radius 1 is 1.28 bits per heavy atom. The molecule has 36 heavy (non-hydrogen) atoms. The number of hydrogen-bond acceptors (Lipinski definition) is 5. The first-order chi connectivity index (χ1) is 17.2. The molecule has 0 spiro atoms. The highest BCUT2D eigenvalue weighted by Gasteiger charge is 2.26. The van der Waals surface area contributed by atoms with Crippen LogP contribution in [-0.2, 0) is 19.4 Å². The average Bonchev–Trinajstić information content (AvgIpc) is 3.15. The summed E-state index contributed by atoms with van der Waals surface area (Å²) in [7, 11) is 2.06. The average molecular weight is 505 g/mol. The number of nitrogens with one attached hydrogen (secondary N) is 2. The van der Waals surface area contributed by atoms with E-state index in [0.717, 1.165) is 35.5 Å². The second-order valence-electron chi connectivity index (χ2n) is 9.90. The van der Waals surface area contributed by atoms with Gasteiger partial charge in [-0.15, -0.1) is 6.42 Å². The SMILES string of the molecule is C#CC(C)(C)NC[C@@H](O)[C@H](Cc1ccccc1)NC(=O)c1cc2c3c(cn(CC)c3c1)CCSN2C. The molecule has 3 aromatic rings. The minimum atomic E-state index is -0.823. The third-order valence-corrected chi connectivity index (χ3v) is 7.80. The van der Waals surface area contributed by atoms with Crippen molar-refractivity contribution in [1.82, 2.24) is 15.2 Å². The Labute approximate surface area is 218 Å². The lowest BCUT2D eigenvalue weighted by molar-refractivity contribution is 0.0822. The first-order valence-electron chi connectivity index (χ1n) is 12.5. The number of amides is 1. The van der Waals surface area contributed by atoms with Crippen LogP contribution in [0.25, 0.3) is 10.9 Å². The maximum absolute atomic E-state index is 13.6. The molecular formula is C29H36N4O2S. The first-order valence-corrected chi connectivity index (χ1v) is 13.4. The van der Waals surface area contributed by atoms with Gasteiger partial charge in [0.15, 0.2) is 0 Å². The molecule has 7 heteroatoms. The summed E-state index contributed by atoms with van der Waals surface area (Å²) in [4.78, 5) is 13.6. The van der Waals surface area contributed by atoms with Gasteiger partial charge in [0.1, 0.15) is 0 Å². The van der Waals surface area contributed by atoms with Gasteiger partial charge in [-0.2, -0.15) is 0 Å². The molecule has 2 atom stereocenters. The van der Waals surface area contributed by atoms with E-state index in [-0.39, 0.29) is 12.5 Å². The van der Waals surface area contributed by atoms with Crippen LogP contribution in [0.4, 0.5) is 5.69 Å². The molecule has 6 nitrogen and oxygen atoms in total. The fraction of sp³-hybridized carbons (Fsp3) is 0.414. The van der Waals surface area contributed by atoms with Crippen LogP contribution in [0.15, 0.2) is 48.7 Å². The molecule has 4 rings (SSSR count). The van der Waals surface area contributed by atoms with Gasteiger partial charge in [0.25, 0.3) is 5.91 Å². The summed E-state index contributed by atoms with van der Waals surface area (Å²) < 4.78 is 4.38. The number of hydrogen-bond donors (Lipinski definition) is 3. The van der Waals surface area contributed by atoms with Crippen LogP contribution >= 0.6 is 11.9 Å².